The van der Waals surface area contributed by atoms with E-state index in [0.717, 1.165) is 64.0 Å². The van der Waals surface area contributed by atoms with Crippen LogP contribution in [0.5, 0.6) is 0 Å². The Bertz CT molecular complexity index is 690. The van der Waals surface area contributed by atoms with Crippen LogP contribution in [0.2, 0.25) is 0 Å². The summed E-state index contributed by atoms with van der Waals surface area (Å²) in [6, 6.07) is 6.26. The third kappa shape index (κ3) is 3.77. The van der Waals surface area contributed by atoms with Gasteiger partial charge in [-0.15, -0.1) is 0 Å². The zero-order valence-electron chi connectivity index (χ0n) is 14.9. The van der Waals surface area contributed by atoms with Crippen LogP contribution in [0, 0.1) is 5.92 Å². The molecule has 0 amide bonds. The van der Waals surface area contributed by atoms with Gasteiger partial charge in [-0.2, -0.15) is 5.10 Å². The molecule has 0 bridgehead atoms. The van der Waals surface area contributed by atoms with Crippen molar-refractivity contribution in [3.05, 3.63) is 36.2 Å². The van der Waals surface area contributed by atoms with Gasteiger partial charge in [0.05, 0.1) is 6.20 Å². The van der Waals surface area contributed by atoms with Crippen LogP contribution in [-0.2, 0) is 13.1 Å². The van der Waals surface area contributed by atoms with E-state index in [1.54, 1.807) is 0 Å². The summed E-state index contributed by atoms with van der Waals surface area (Å²) in [5.41, 5.74) is 1.29. The predicted octanol–water partition coefficient (Wildman–Crippen LogP) is 0.861. The lowest BCUT2D eigenvalue weighted by Gasteiger charge is -2.34. The van der Waals surface area contributed by atoms with Crippen LogP contribution in [-0.4, -0.2) is 66.0 Å². The Morgan fingerprint density at radius 1 is 1.20 bits per heavy atom. The van der Waals surface area contributed by atoms with Crippen molar-refractivity contribution >= 4 is 11.6 Å². The number of likely N-dealkylation sites (N-methyl/N-ethyl adjacent to an activating group) is 1. The number of fused-ring (bicyclic) bond motifs is 1. The number of anilines is 2. The molecular formula is C18H27N7. The number of rotatable bonds is 5. The van der Waals surface area contributed by atoms with Crippen molar-refractivity contribution in [2.24, 2.45) is 5.92 Å². The minimum atomic E-state index is 0.552. The van der Waals surface area contributed by atoms with Crippen molar-refractivity contribution in [3.63, 3.8) is 0 Å². The van der Waals surface area contributed by atoms with E-state index in [1.165, 1.54) is 5.56 Å². The van der Waals surface area contributed by atoms with Crippen LogP contribution >= 0.6 is 0 Å². The van der Waals surface area contributed by atoms with Crippen molar-refractivity contribution in [3.8, 4) is 0 Å². The SMILES string of the molecule is CN1CCN(c2ncccc2CNC[C@@H]2CNc3ccnn3C2)CC1. The van der Waals surface area contributed by atoms with Crippen molar-refractivity contribution in [2.75, 3.05) is 56.5 Å². The molecule has 7 heteroatoms. The molecule has 4 rings (SSSR count). The van der Waals surface area contributed by atoms with Crippen molar-refractivity contribution in [2.45, 2.75) is 13.1 Å². The van der Waals surface area contributed by atoms with Crippen molar-refractivity contribution in [1.82, 2.24) is 25.0 Å². The summed E-state index contributed by atoms with van der Waals surface area (Å²) in [5, 5.41) is 11.4. The molecule has 2 aromatic heterocycles. The zero-order valence-corrected chi connectivity index (χ0v) is 14.9. The van der Waals surface area contributed by atoms with Gasteiger partial charge < -0.3 is 20.4 Å². The lowest BCUT2D eigenvalue weighted by molar-refractivity contribution is 0.311. The van der Waals surface area contributed by atoms with E-state index in [2.05, 4.69) is 48.3 Å². The van der Waals surface area contributed by atoms with Crippen LogP contribution in [0.15, 0.2) is 30.6 Å². The highest BCUT2D eigenvalue weighted by molar-refractivity contribution is 5.47. The van der Waals surface area contributed by atoms with Gasteiger partial charge in [0.25, 0.3) is 0 Å². The van der Waals surface area contributed by atoms with Crippen LogP contribution < -0.4 is 15.5 Å². The minimum absolute atomic E-state index is 0.552. The number of nitrogens with one attached hydrogen (secondary N) is 2. The smallest absolute Gasteiger partial charge is 0.133 e. The van der Waals surface area contributed by atoms with E-state index in [-0.39, 0.29) is 0 Å². The molecule has 7 nitrogen and oxygen atoms in total. The molecule has 0 radical (unpaired) electrons. The van der Waals surface area contributed by atoms with Gasteiger partial charge in [0.2, 0.25) is 0 Å². The molecule has 25 heavy (non-hydrogen) atoms. The number of nitrogens with zero attached hydrogens (tertiary/aromatic N) is 5. The molecule has 0 saturated carbocycles. The Balaban J connectivity index is 1.33. The van der Waals surface area contributed by atoms with Crippen LogP contribution in [0.25, 0.3) is 0 Å². The quantitative estimate of drug-likeness (QED) is 0.841. The maximum atomic E-state index is 4.66. The molecule has 0 aromatic carbocycles. The molecule has 0 unspecified atom stereocenters. The molecule has 1 saturated heterocycles. The van der Waals surface area contributed by atoms with E-state index in [1.807, 2.05) is 24.5 Å². The predicted molar refractivity (Wildman–Crippen MR) is 99.9 cm³/mol. The summed E-state index contributed by atoms with van der Waals surface area (Å²) in [5.74, 6) is 2.82. The molecule has 4 heterocycles. The van der Waals surface area contributed by atoms with E-state index in [4.69, 9.17) is 0 Å². The minimum Gasteiger partial charge on any atom is -0.370 e. The number of pyridine rings is 1. The second-order valence-electron chi connectivity index (χ2n) is 7.05. The fourth-order valence-electron chi connectivity index (χ4n) is 3.61. The van der Waals surface area contributed by atoms with Gasteiger partial charge >= 0.3 is 0 Å². The van der Waals surface area contributed by atoms with Gasteiger partial charge in [-0.1, -0.05) is 6.07 Å². The molecule has 1 fully saturated rings. The average molecular weight is 341 g/mol. The van der Waals surface area contributed by atoms with Crippen molar-refractivity contribution in [1.29, 1.82) is 0 Å². The monoisotopic (exact) mass is 341 g/mol. The van der Waals surface area contributed by atoms with E-state index < -0.39 is 0 Å². The highest BCUT2D eigenvalue weighted by atomic mass is 15.3. The highest BCUT2D eigenvalue weighted by Gasteiger charge is 2.20. The fraction of sp³-hybridized carbons (Fsp3) is 0.556. The molecule has 2 aliphatic rings. The molecule has 2 aromatic rings. The summed E-state index contributed by atoms with van der Waals surface area (Å²) in [6.07, 6.45) is 3.76. The Labute approximate surface area is 149 Å². The Morgan fingerprint density at radius 2 is 2.08 bits per heavy atom. The Hall–Kier alpha value is -2.12. The van der Waals surface area contributed by atoms with Crippen LogP contribution in [0.3, 0.4) is 0 Å². The number of hydrogen-bond acceptors (Lipinski definition) is 6. The van der Waals surface area contributed by atoms with Crippen LogP contribution in [0.1, 0.15) is 5.56 Å². The molecule has 0 spiro atoms. The zero-order chi connectivity index (χ0) is 17.1. The lowest BCUT2D eigenvalue weighted by Crippen LogP contribution is -2.45. The average Bonchev–Trinajstić information content (AvgIpc) is 3.11. The van der Waals surface area contributed by atoms with Gasteiger partial charge in [-0.3, -0.25) is 0 Å². The van der Waals surface area contributed by atoms with Gasteiger partial charge in [-0.25, -0.2) is 9.67 Å². The first-order chi connectivity index (χ1) is 12.3. The second-order valence-corrected chi connectivity index (χ2v) is 7.05. The first kappa shape index (κ1) is 16.4. The van der Waals surface area contributed by atoms with Gasteiger partial charge in [0.1, 0.15) is 11.6 Å². The molecule has 2 aliphatic heterocycles. The van der Waals surface area contributed by atoms with E-state index >= 15 is 0 Å². The lowest BCUT2D eigenvalue weighted by atomic mass is 10.1. The third-order valence-corrected chi connectivity index (χ3v) is 5.14. The summed E-state index contributed by atoms with van der Waals surface area (Å²) >= 11 is 0. The molecular weight excluding hydrogens is 314 g/mol. The summed E-state index contributed by atoms with van der Waals surface area (Å²) in [6.45, 7) is 8.11. The molecule has 1 atom stereocenters. The molecule has 0 aliphatic carbocycles. The first-order valence-electron chi connectivity index (χ1n) is 9.13. The maximum absolute atomic E-state index is 4.66. The van der Waals surface area contributed by atoms with Crippen LogP contribution in [0.4, 0.5) is 11.6 Å². The summed E-state index contributed by atoms with van der Waals surface area (Å²) in [7, 11) is 2.18. The standard InChI is InChI=1S/C18H27N7/c1-23-7-9-24(10-8-23)18-16(3-2-5-20-18)13-19-11-15-12-21-17-4-6-22-25(17)14-15/h2-6,15,19,21H,7-14H2,1H3/t15-/m1/s1. The van der Waals surface area contributed by atoms with Gasteiger partial charge in [-0.05, 0) is 13.1 Å². The topological polar surface area (TPSA) is 61.2 Å². The number of piperazine rings is 1. The Morgan fingerprint density at radius 3 is 2.96 bits per heavy atom. The molecule has 134 valence electrons. The highest BCUT2D eigenvalue weighted by Crippen LogP contribution is 2.19. The largest absolute Gasteiger partial charge is 0.370 e. The second kappa shape index (κ2) is 7.41. The van der Waals surface area contributed by atoms with Gasteiger partial charge in [0.15, 0.2) is 0 Å². The third-order valence-electron chi connectivity index (χ3n) is 5.14. The Kier molecular flexibility index (Phi) is 4.85. The fourth-order valence-corrected chi connectivity index (χ4v) is 3.61. The summed E-state index contributed by atoms with van der Waals surface area (Å²) in [4.78, 5) is 9.44. The maximum Gasteiger partial charge on any atom is 0.133 e. The normalized spacial score (nSPS) is 21.0. The van der Waals surface area contributed by atoms with Gasteiger partial charge in [0, 0.05) is 76.1 Å². The first-order valence-corrected chi connectivity index (χ1v) is 9.13. The number of aromatic nitrogens is 3. The van der Waals surface area contributed by atoms with E-state index in [9.17, 15) is 0 Å². The van der Waals surface area contributed by atoms with E-state index in [0.29, 0.717) is 5.92 Å². The number of hydrogen-bond donors (Lipinski definition) is 2. The van der Waals surface area contributed by atoms with Crippen molar-refractivity contribution < 1.29 is 0 Å². The molecule has 2 N–H and O–H groups in total. The summed E-state index contributed by atoms with van der Waals surface area (Å²) < 4.78 is 2.05.